The van der Waals surface area contributed by atoms with E-state index in [4.69, 9.17) is 0 Å². The summed E-state index contributed by atoms with van der Waals surface area (Å²) in [6.45, 7) is 3.18. The van der Waals surface area contributed by atoms with Gasteiger partial charge < -0.3 is 20.0 Å². The van der Waals surface area contributed by atoms with Crippen LogP contribution in [-0.2, 0) is 9.59 Å². The summed E-state index contributed by atoms with van der Waals surface area (Å²) >= 11 is 0. The van der Waals surface area contributed by atoms with Gasteiger partial charge in [0.2, 0.25) is 11.8 Å². The number of carbonyl (C=O) groups excluding carboxylic acids is 2. The first-order chi connectivity index (χ1) is 18.0. The minimum atomic E-state index is 0.0124. The molecule has 6 nitrogen and oxygen atoms in total. The van der Waals surface area contributed by atoms with Crippen LogP contribution in [0.4, 0.5) is 0 Å². The molecular formula is C31H38N2O4. The van der Waals surface area contributed by atoms with Crippen LogP contribution in [0.5, 0.6) is 11.5 Å². The van der Waals surface area contributed by atoms with Gasteiger partial charge >= 0.3 is 0 Å². The lowest BCUT2D eigenvalue weighted by atomic mass is 9.87. The van der Waals surface area contributed by atoms with Crippen LogP contribution in [0.3, 0.4) is 0 Å². The Morgan fingerprint density at radius 3 is 1.43 bits per heavy atom. The molecule has 196 valence electrons. The summed E-state index contributed by atoms with van der Waals surface area (Å²) in [4.78, 5) is 28.9. The van der Waals surface area contributed by atoms with Crippen molar-refractivity contribution >= 4 is 24.0 Å². The zero-order valence-electron chi connectivity index (χ0n) is 21.5. The maximum atomic E-state index is 12.5. The number of carbonyl (C=O) groups is 2. The smallest absolute Gasteiger partial charge is 0.246 e. The predicted molar refractivity (Wildman–Crippen MR) is 147 cm³/mol. The molecular weight excluding hydrogens is 464 g/mol. The summed E-state index contributed by atoms with van der Waals surface area (Å²) in [5, 5.41) is 19.7. The molecule has 0 spiro atoms. The number of para-hydroxylation sites is 2. The number of likely N-dealkylation sites (tertiary alicyclic amines) is 2. The Bertz CT molecular complexity index is 1020. The molecule has 0 bridgehead atoms. The van der Waals surface area contributed by atoms with Gasteiger partial charge in [0, 0.05) is 49.5 Å². The van der Waals surface area contributed by atoms with E-state index in [0.717, 1.165) is 51.9 Å². The van der Waals surface area contributed by atoms with Crippen molar-refractivity contribution < 1.29 is 19.8 Å². The molecule has 0 unspecified atom stereocenters. The van der Waals surface area contributed by atoms with E-state index in [9.17, 15) is 19.8 Å². The number of amides is 2. The number of benzene rings is 2. The fourth-order valence-corrected chi connectivity index (χ4v) is 5.37. The van der Waals surface area contributed by atoms with E-state index in [-0.39, 0.29) is 23.3 Å². The van der Waals surface area contributed by atoms with Gasteiger partial charge in [-0.2, -0.15) is 0 Å². The Hall–Kier alpha value is -3.54. The number of phenolic OH excluding ortho intramolecular Hbond substituents is 2. The molecule has 2 fully saturated rings. The average Bonchev–Trinajstić information content (AvgIpc) is 2.92. The van der Waals surface area contributed by atoms with Crippen molar-refractivity contribution in [1.82, 2.24) is 9.80 Å². The second-order valence-electron chi connectivity index (χ2n) is 10.3. The summed E-state index contributed by atoms with van der Waals surface area (Å²) in [6, 6.07) is 14.0. The van der Waals surface area contributed by atoms with E-state index in [0.29, 0.717) is 23.0 Å². The molecule has 2 aromatic carbocycles. The first-order valence-electron chi connectivity index (χ1n) is 13.5. The molecule has 2 aliphatic rings. The van der Waals surface area contributed by atoms with Crippen molar-refractivity contribution in [2.75, 3.05) is 26.2 Å². The molecule has 2 aromatic rings. The Morgan fingerprint density at radius 2 is 1.05 bits per heavy atom. The van der Waals surface area contributed by atoms with Gasteiger partial charge in [0.05, 0.1) is 0 Å². The highest BCUT2D eigenvalue weighted by Gasteiger charge is 2.24. The highest BCUT2D eigenvalue weighted by Crippen LogP contribution is 2.28. The Kier molecular flexibility index (Phi) is 9.41. The summed E-state index contributed by atoms with van der Waals surface area (Å²) in [5.74, 6) is 1.74. The summed E-state index contributed by atoms with van der Waals surface area (Å²) in [7, 11) is 0. The molecule has 0 aromatic heterocycles. The largest absolute Gasteiger partial charge is 0.507 e. The van der Waals surface area contributed by atoms with Crippen LogP contribution >= 0.6 is 0 Å². The highest BCUT2D eigenvalue weighted by atomic mass is 16.3. The van der Waals surface area contributed by atoms with E-state index >= 15 is 0 Å². The Labute approximate surface area is 219 Å². The van der Waals surface area contributed by atoms with Crippen LogP contribution in [0.15, 0.2) is 60.7 Å². The van der Waals surface area contributed by atoms with Crippen molar-refractivity contribution in [2.24, 2.45) is 11.8 Å². The van der Waals surface area contributed by atoms with E-state index in [1.54, 1.807) is 60.7 Å². The maximum absolute atomic E-state index is 12.5. The first kappa shape index (κ1) is 26.5. The van der Waals surface area contributed by atoms with Gasteiger partial charge in [-0.15, -0.1) is 0 Å². The second kappa shape index (κ2) is 13.1. The molecule has 0 saturated carbocycles. The molecule has 2 heterocycles. The maximum Gasteiger partial charge on any atom is 0.246 e. The van der Waals surface area contributed by atoms with Crippen molar-refractivity contribution in [3.8, 4) is 11.5 Å². The lowest BCUT2D eigenvalue weighted by Crippen LogP contribution is -2.38. The van der Waals surface area contributed by atoms with Crippen molar-refractivity contribution in [3.05, 3.63) is 71.8 Å². The monoisotopic (exact) mass is 502 g/mol. The van der Waals surface area contributed by atoms with E-state index < -0.39 is 0 Å². The number of hydrogen-bond donors (Lipinski definition) is 2. The fourth-order valence-electron chi connectivity index (χ4n) is 5.37. The average molecular weight is 503 g/mol. The Balaban J connectivity index is 1.11. The molecule has 0 radical (unpaired) electrons. The van der Waals surface area contributed by atoms with Crippen molar-refractivity contribution in [1.29, 1.82) is 0 Å². The minimum absolute atomic E-state index is 0.0124. The standard InChI is InChI=1S/C31H38N2O4/c34-28-10-3-1-8-26(28)12-14-30(36)32-20-16-24(17-21-32)6-5-7-25-18-22-33(23-19-25)31(37)15-13-27-9-2-4-11-29(27)35/h1-4,8-15,24-25,34-35H,5-7,16-23H2/b14-12+,15-13+. The lowest BCUT2D eigenvalue weighted by molar-refractivity contribution is -0.128. The van der Waals surface area contributed by atoms with Gasteiger partial charge in [0.15, 0.2) is 0 Å². The second-order valence-corrected chi connectivity index (χ2v) is 10.3. The van der Waals surface area contributed by atoms with Gasteiger partial charge in [-0.05, 0) is 61.8 Å². The molecule has 2 saturated heterocycles. The molecule has 37 heavy (non-hydrogen) atoms. The van der Waals surface area contributed by atoms with E-state index in [2.05, 4.69) is 0 Å². The van der Waals surface area contributed by atoms with Crippen LogP contribution in [0.25, 0.3) is 12.2 Å². The number of phenols is 2. The molecule has 4 rings (SSSR count). The SMILES string of the molecule is O=C(/C=C/c1ccccc1O)N1CCC(CCCC2CCN(C(=O)/C=C/c3ccccc3O)CC2)CC1. The summed E-state index contributed by atoms with van der Waals surface area (Å²) < 4.78 is 0. The number of aromatic hydroxyl groups is 2. The molecule has 2 aliphatic heterocycles. The number of piperidine rings is 2. The zero-order chi connectivity index (χ0) is 26.0. The highest BCUT2D eigenvalue weighted by molar-refractivity contribution is 5.92. The van der Waals surface area contributed by atoms with Crippen LogP contribution in [-0.4, -0.2) is 58.0 Å². The van der Waals surface area contributed by atoms with Crippen LogP contribution in [0.1, 0.15) is 56.1 Å². The number of nitrogens with zero attached hydrogens (tertiary/aromatic N) is 2. The minimum Gasteiger partial charge on any atom is -0.507 e. The predicted octanol–water partition coefficient (Wildman–Crippen LogP) is 5.47. The number of hydrogen-bond acceptors (Lipinski definition) is 4. The van der Waals surface area contributed by atoms with E-state index in [1.807, 2.05) is 21.9 Å². The third kappa shape index (κ3) is 7.72. The first-order valence-corrected chi connectivity index (χ1v) is 13.5. The van der Waals surface area contributed by atoms with Gasteiger partial charge in [0.1, 0.15) is 11.5 Å². The third-order valence-corrected chi connectivity index (χ3v) is 7.76. The third-order valence-electron chi connectivity index (χ3n) is 7.76. The molecule has 6 heteroatoms. The van der Waals surface area contributed by atoms with Crippen LogP contribution < -0.4 is 0 Å². The molecule has 0 aliphatic carbocycles. The molecule has 2 amide bonds. The lowest BCUT2D eigenvalue weighted by Gasteiger charge is -2.33. The topological polar surface area (TPSA) is 81.1 Å². The van der Waals surface area contributed by atoms with Gasteiger partial charge in [-0.1, -0.05) is 55.7 Å². The van der Waals surface area contributed by atoms with Crippen molar-refractivity contribution in [3.63, 3.8) is 0 Å². The zero-order valence-corrected chi connectivity index (χ0v) is 21.5. The fraction of sp³-hybridized carbons (Fsp3) is 0.419. The van der Waals surface area contributed by atoms with Gasteiger partial charge in [-0.3, -0.25) is 9.59 Å². The normalized spacial score (nSPS) is 17.6. The molecule has 2 N–H and O–H groups in total. The van der Waals surface area contributed by atoms with Crippen LogP contribution in [0, 0.1) is 11.8 Å². The molecule has 0 atom stereocenters. The number of rotatable bonds is 8. The van der Waals surface area contributed by atoms with Gasteiger partial charge in [0.25, 0.3) is 0 Å². The quantitative estimate of drug-likeness (QED) is 0.469. The summed E-state index contributed by atoms with van der Waals surface area (Å²) in [5.41, 5.74) is 1.31. The Morgan fingerprint density at radius 1 is 0.676 bits per heavy atom. The van der Waals surface area contributed by atoms with E-state index in [1.165, 1.54) is 19.3 Å². The van der Waals surface area contributed by atoms with Gasteiger partial charge in [-0.25, -0.2) is 0 Å². The van der Waals surface area contributed by atoms with Crippen LogP contribution in [0.2, 0.25) is 0 Å². The summed E-state index contributed by atoms with van der Waals surface area (Å²) in [6.07, 6.45) is 14.3. The van der Waals surface area contributed by atoms with Crippen molar-refractivity contribution in [2.45, 2.75) is 44.9 Å².